The second kappa shape index (κ2) is 10.9. The molecule has 1 saturated heterocycles. The second-order valence-electron chi connectivity index (χ2n) is 10.2. The van der Waals surface area contributed by atoms with Gasteiger partial charge >= 0.3 is 6.03 Å². The van der Waals surface area contributed by atoms with Crippen LogP contribution in [-0.4, -0.2) is 41.8 Å². The van der Waals surface area contributed by atoms with Crippen molar-refractivity contribution in [3.8, 4) is 17.2 Å². The molecule has 8 heteroatoms. The highest BCUT2D eigenvalue weighted by Crippen LogP contribution is 2.38. The predicted molar refractivity (Wildman–Crippen MR) is 145 cm³/mol. The number of rotatable bonds is 11. The largest absolute Gasteiger partial charge is 0.493 e. The van der Waals surface area contributed by atoms with Crippen molar-refractivity contribution in [2.24, 2.45) is 0 Å². The first-order valence-corrected chi connectivity index (χ1v) is 13.5. The van der Waals surface area contributed by atoms with E-state index in [1.165, 1.54) is 4.90 Å². The number of imide groups is 1. The van der Waals surface area contributed by atoms with Gasteiger partial charge in [0.05, 0.1) is 12.1 Å². The molecule has 1 N–H and O–H groups in total. The first-order valence-electron chi connectivity index (χ1n) is 13.5. The summed E-state index contributed by atoms with van der Waals surface area (Å²) in [7, 11) is 0. The molecule has 0 spiro atoms. The molecule has 8 nitrogen and oxygen atoms in total. The number of amides is 3. The molecule has 2 aliphatic rings. The number of benzene rings is 2. The minimum atomic E-state index is -1.12. The molecule has 3 amide bonds. The van der Waals surface area contributed by atoms with E-state index in [9.17, 15) is 9.59 Å². The van der Waals surface area contributed by atoms with Crippen LogP contribution in [0, 0.1) is 6.92 Å². The maximum Gasteiger partial charge on any atom is 0.325 e. The Bertz CT molecular complexity index is 1360. The standard InChI is InChI=1S/C30H35N3O5/c1-4-10-21-18-31-26-20(2)11-9-12-23(26)27(21)36-16-8-6-5-7-15-33-28(34)30(3,32-29(33)35)22-13-14-24-25(17-22)38-19-37-24/h9,11-14,17-18H,4-8,10,15-16,19H2,1-3H3,(H,32,35). The molecule has 3 heterocycles. The van der Waals surface area contributed by atoms with Gasteiger partial charge in [0.15, 0.2) is 11.5 Å². The molecule has 0 aliphatic carbocycles. The van der Waals surface area contributed by atoms with E-state index in [1.54, 1.807) is 25.1 Å². The quantitative estimate of drug-likeness (QED) is 0.262. The lowest BCUT2D eigenvalue weighted by molar-refractivity contribution is -0.131. The van der Waals surface area contributed by atoms with Gasteiger partial charge in [-0.25, -0.2) is 4.79 Å². The number of carbonyl (C=O) groups excluding carboxylic acids is 2. The minimum absolute atomic E-state index is 0.158. The average molecular weight is 518 g/mol. The van der Waals surface area contributed by atoms with Crippen LogP contribution in [0.2, 0.25) is 0 Å². The molecule has 1 fully saturated rings. The molecule has 0 saturated carbocycles. The zero-order valence-corrected chi connectivity index (χ0v) is 22.3. The van der Waals surface area contributed by atoms with Crippen LogP contribution in [0.5, 0.6) is 17.2 Å². The highest BCUT2D eigenvalue weighted by Gasteiger charge is 2.49. The molecule has 1 aromatic heterocycles. The van der Waals surface area contributed by atoms with Crippen molar-refractivity contribution in [3.05, 3.63) is 59.3 Å². The summed E-state index contributed by atoms with van der Waals surface area (Å²) >= 11 is 0. The van der Waals surface area contributed by atoms with Crippen LogP contribution < -0.4 is 19.5 Å². The first-order chi connectivity index (χ1) is 18.4. The molecule has 200 valence electrons. The zero-order valence-electron chi connectivity index (χ0n) is 22.3. The number of hydrogen-bond donors (Lipinski definition) is 1. The topological polar surface area (TPSA) is 90.0 Å². The highest BCUT2D eigenvalue weighted by molar-refractivity contribution is 6.07. The number of urea groups is 1. The molecule has 0 radical (unpaired) electrons. The Kier molecular flexibility index (Phi) is 7.40. The van der Waals surface area contributed by atoms with Gasteiger partial charge in [-0.3, -0.25) is 14.7 Å². The highest BCUT2D eigenvalue weighted by atomic mass is 16.7. The van der Waals surface area contributed by atoms with E-state index in [-0.39, 0.29) is 18.7 Å². The van der Waals surface area contributed by atoms with Gasteiger partial charge in [-0.05, 0) is 62.4 Å². The number of carbonyl (C=O) groups is 2. The number of aryl methyl sites for hydroxylation is 2. The summed E-state index contributed by atoms with van der Waals surface area (Å²) in [5.74, 6) is 1.93. The summed E-state index contributed by atoms with van der Waals surface area (Å²) in [5.41, 5.74) is 2.85. The van der Waals surface area contributed by atoms with E-state index in [1.807, 2.05) is 6.20 Å². The van der Waals surface area contributed by atoms with Crippen molar-refractivity contribution in [1.82, 2.24) is 15.2 Å². The Morgan fingerprint density at radius 3 is 2.74 bits per heavy atom. The fourth-order valence-electron chi connectivity index (χ4n) is 5.21. The van der Waals surface area contributed by atoms with Crippen molar-refractivity contribution in [2.45, 2.75) is 64.8 Å². The van der Waals surface area contributed by atoms with Gasteiger partial charge in [-0.1, -0.05) is 44.4 Å². The van der Waals surface area contributed by atoms with E-state index in [0.29, 0.717) is 30.2 Å². The van der Waals surface area contributed by atoms with Gasteiger partial charge in [0, 0.05) is 23.7 Å². The van der Waals surface area contributed by atoms with E-state index >= 15 is 0 Å². The Labute approximate surface area is 223 Å². The molecule has 5 rings (SSSR count). The summed E-state index contributed by atoms with van der Waals surface area (Å²) in [6.07, 6.45) is 7.41. The number of aromatic nitrogens is 1. The molecule has 1 unspecified atom stereocenters. The van der Waals surface area contributed by atoms with Crippen molar-refractivity contribution in [2.75, 3.05) is 19.9 Å². The second-order valence-corrected chi connectivity index (χ2v) is 10.2. The maximum absolute atomic E-state index is 13.2. The molecule has 2 aliphatic heterocycles. The lowest BCUT2D eigenvalue weighted by Gasteiger charge is -2.22. The van der Waals surface area contributed by atoms with Gasteiger partial charge in [-0.2, -0.15) is 0 Å². The van der Waals surface area contributed by atoms with Crippen LogP contribution >= 0.6 is 0 Å². The van der Waals surface area contributed by atoms with Crippen molar-refractivity contribution in [3.63, 3.8) is 0 Å². The summed E-state index contributed by atoms with van der Waals surface area (Å²) in [5, 5.41) is 3.94. The molecule has 1 atom stereocenters. The average Bonchev–Trinajstić information content (AvgIpc) is 3.47. The van der Waals surface area contributed by atoms with Gasteiger partial charge in [0.25, 0.3) is 5.91 Å². The fraction of sp³-hybridized carbons (Fsp3) is 0.433. The third-order valence-corrected chi connectivity index (χ3v) is 7.39. The third-order valence-electron chi connectivity index (χ3n) is 7.39. The molecule has 3 aromatic rings. The van der Waals surface area contributed by atoms with E-state index in [2.05, 4.69) is 42.3 Å². The lowest BCUT2D eigenvalue weighted by Crippen LogP contribution is -2.41. The maximum atomic E-state index is 13.2. The number of fused-ring (bicyclic) bond motifs is 2. The van der Waals surface area contributed by atoms with E-state index in [4.69, 9.17) is 14.2 Å². The number of pyridine rings is 1. The Balaban J connectivity index is 1.11. The predicted octanol–water partition coefficient (Wildman–Crippen LogP) is 5.63. The molecular formula is C30H35N3O5. The SMILES string of the molecule is CCCc1cnc2c(C)cccc2c1OCCCCCCN1C(=O)NC(C)(c2ccc3c(c2)OCO3)C1=O. The summed E-state index contributed by atoms with van der Waals surface area (Å²) < 4.78 is 17.1. The van der Waals surface area contributed by atoms with Crippen LogP contribution in [0.4, 0.5) is 4.79 Å². The number of para-hydroxylation sites is 1. The van der Waals surface area contributed by atoms with Crippen molar-refractivity contribution in [1.29, 1.82) is 0 Å². The van der Waals surface area contributed by atoms with Crippen LogP contribution in [0.1, 0.15) is 62.6 Å². The third kappa shape index (κ3) is 4.87. The molecule has 2 aromatic carbocycles. The number of hydrogen-bond acceptors (Lipinski definition) is 6. The first kappa shape index (κ1) is 25.8. The van der Waals surface area contributed by atoms with Gasteiger partial charge in [0.2, 0.25) is 6.79 Å². The summed E-state index contributed by atoms with van der Waals surface area (Å²) in [6.45, 7) is 7.13. The molecule has 0 bridgehead atoms. The Hall–Kier alpha value is -3.81. The number of unbranched alkanes of at least 4 members (excludes halogenated alkanes) is 3. The van der Waals surface area contributed by atoms with Crippen LogP contribution in [-0.2, 0) is 16.8 Å². The van der Waals surface area contributed by atoms with Crippen molar-refractivity contribution < 1.29 is 23.8 Å². The van der Waals surface area contributed by atoms with E-state index in [0.717, 1.165) is 66.3 Å². The zero-order chi connectivity index (χ0) is 26.7. The fourth-order valence-corrected chi connectivity index (χ4v) is 5.21. The smallest absolute Gasteiger partial charge is 0.325 e. The summed E-state index contributed by atoms with van der Waals surface area (Å²) in [6, 6.07) is 11.2. The Morgan fingerprint density at radius 2 is 1.89 bits per heavy atom. The lowest BCUT2D eigenvalue weighted by atomic mass is 9.91. The molecular weight excluding hydrogens is 482 g/mol. The van der Waals surface area contributed by atoms with Crippen LogP contribution in [0.3, 0.4) is 0 Å². The molecule has 38 heavy (non-hydrogen) atoms. The van der Waals surface area contributed by atoms with Crippen molar-refractivity contribution >= 4 is 22.8 Å². The van der Waals surface area contributed by atoms with E-state index < -0.39 is 5.54 Å². The van der Waals surface area contributed by atoms with Gasteiger partial charge < -0.3 is 19.5 Å². The van der Waals surface area contributed by atoms with Gasteiger partial charge in [0.1, 0.15) is 11.3 Å². The number of nitrogens with one attached hydrogen (secondary N) is 1. The number of ether oxygens (including phenoxy) is 3. The minimum Gasteiger partial charge on any atom is -0.493 e. The van der Waals surface area contributed by atoms with Crippen LogP contribution in [0.15, 0.2) is 42.6 Å². The monoisotopic (exact) mass is 517 g/mol. The Morgan fingerprint density at radius 1 is 1.08 bits per heavy atom. The normalized spacial score (nSPS) is 18.3. The summed E-state index contributed by atoms with van der Waals surface area (Å²) in [4.78, 5) is 31.9. The van der Waals surface area contributed by atoms with Gasteiger partial charge in [-0.15, -0.1) is 0 Å². The van der Waals surface area contributed by atoms with Crippen LogP contribution in [0.25, 0.3) is 10.9 Å². The number of nitrogens with zero attached hydrogens (tertiary/aromatic N) is 2.